The first kappa shape index (κ1) is 18.5. The van der Waals surface area contributed by atoms with Gasteiger partial charge >= 0.3 is 5.97 Å². The van der Waals surface area contributed by atoms with Crippen LogP contribution in [0.1, 0.15) is 33.3 Å². The number of anilines is 1. The Balaban J connectivity index is 2.34. The number of rotatable bonds is 1. The molecule has 1 aromatic rings. The normalized spacial score (nSPS) is 21.6. The van der Waals surface area contributed by atoms with E-state index in [1.165, 1.54) is 13.0 Å². The molecular formula is C19H18FN3O4. The molecule has 27 heavy (non-hydrogen) atoms. The SMILES string of the molecule is CC1=C(C(=O)OC(C)(C)C)[C@@]2(C(=O)Nc3cc(F)ccc32)C(C#N)=C(N)O1. The third-order valence-electron chi connectivity index (χ3n) is 4.30. The molecule has 1 spiro atoms. The van der Waals surface area contributed by atoms with E-state index >= 15 is 0 Å². The Kier molecular flexibility index (Phi) is 3.99. The summed E-state index contributed by atoms with van der Waals surface area (Å²) in [5.74, 6) is -2.37. The predicted molar refractivity (Wildman–Crippen MR) is 93.2 cm³/mol. The largest absolute Gasteiger partial charge is 0.456 e. The van der Waals surface area contributed by atoms with Gasteiger partial charge in [-0.05, 0) is 39.8 Å². The number of nitrogens with two attached hydrogens (primary N) is 1. The molecule has 0 saturated heterocycles. The van der Waals surface area contributed by atoms with E-state index in [0.717, 1.165) is 12.1 Å². The first-order valence-corrected chi connectivity index (χ1v) is 8.16. The summed E-state index contributed by atoms with van der Waals surface area (Å²) in [7, 11) is 0. The fraction of sp³-hybridized carbons (Fsp3) is 0.316. The number of fused-ring (bicyclic) bond motifs is 2. The third kappa shape index (κ3) is 2.63. The molecule has 1 amide bonds. The number of benzene rings is 1. The van der Waals surface area contributed by atoms with Gasteiger partial charge in [-0.15, -0.1) is 0 Å². The topological polar surface area (TPSA) is 114 Å². The van der Waals surface area contributed by atoms with Gasteiger partial charge in [0.1, 0.15) is 34.4 Å². The molecule has 2 aliphatic heterocycles. The van der Waals surface area contributed by atoms with Gasteiger partial charge in [0.15, 0.2) is 5.41 Å². The highest BCUT2D eigenvalue weighted by atomic mass is 19.1. The Morgan fingerprint density at radius 1 is 1.41 bits per heavy atom. The molecule has 3 rings (SSSR count). The molecule has 1 aromatic carbocycles. The Morgan fingerprint density at radius 2 is 2.07 bits per heavy atom. The number of halogens is 1. The standard InChI is InChI=1S/C19H18FN3O4/c1-9-14(16(24)27-18(2,3)4)19(12(8-21)15(22)26-9)11-6-5-10(20)7-13(11)23-17(19)25/h5-7H,22H2,1-4H3,(H,23,25)/t19-/m0/s1. The van der Waals surface area contributed by atoms with Crippen molar-refractivity contribution in [2.24, 2.45) is 5.73 Å². The second-order valence-corrected chi connectivity index (χ2v) is 7.28. The summed E-state index contributed by atoms with van der Waals surface area (Å²) in [6.07, 6.45) is 0. The molecule has 2 heterocycles. The molecular weight excluding hydrogens is 353 g/mol. The number of hydrogen-bond donors (Lipinski definition) is 2. The minimum atomic E-state index is -1.87. The lowest BCUT2D eigenvalue weighted by Crippen LogP contribution is -2.46. The monoisotopic (exact) mass is 371 g/mol. The van der Waals surface area contributed by atoms with Gasteiger partial charge in [0.05, 0.1) is 0 Å². The van der Waals surface area contributed by atoms with Crippen LogP contribution in [0.5, 0.6) is 0 Å². The van der Waals surface area contributed by atoms with Crippen LogP contribution in [0.25, 0.3) is 0 Å². The summed E-state index contributed by atoms with van der Waals surface area (Å²) in [5, 5.41) is 12.2. The van der Waals surface area contributed by atoms with Gasteiger partial charge in [-0.3, -0.25) is 4.79 Å². The van der Waals surface area contributed by atoms with Crippen molar-refractivity contribution < 1.29 is 23.5 Å². The molecule has 0 fully saturated rings. The first-order valence-electron chi connectivity index (χ1n) is 8.16. The zero-order valence-corrected chi connectivity index (χ0v) is 15.3. The van der Waals surface area contributed by atoms with Crippen LogP contribution in [0.15, 0.2) is 41.0 Å². The summed E-state index contributed by atoms with van der Waals surface area (Å²) < 4.78 is 24.5. The lowest BCUT2D eigenvalue weighted by atomic mass is 9.68. The molecule has 0 bridgehead atoms. The van der Waals surface area contributed by atoms with Crippen molar-refractivity contribution in [3.05, 3.63) is 52.4 Å². The molecule has 0 saturated carbocycles. The Labute approximate surface area is 155 Å². The van der Waals surface area contributed by atoms with Crippen LogP contribution in [0, 0.1) is 17.1 Å². The van der Waals surface area contributed by atoms with Crippen LogP contribution in [0.4, 0.5) is 10.1 Å². The molecule has 140 valence electrons. The van der Waals surface area contributed by atoms with Crippen molar-refractivity contribution in [3.8, 4) is 6.07 Å². The summed E-state index contributed by atoms with van der Waals surface area (Å²) >= 11 is 0. The molecule has 3 N–H and O–H groups in total. The number of ether oxygens (including phenoxy) is 2. The van der Waals surface area contributed by atoms with Crippen LogP contribution in [0.2, 0.25) is 0 Å². The van der Waals surface area contributed by atoms with E-state index in [4.69, 9.17) is 15.2 Å². The summed E-state index contributed by atoms with van der Waals surface area (Å²) in [6, 6.07) is 5.48. The third-order valence-corrected chi connectivity index (χ3v) is 4.30. The van der Waals surface area contributed by atoms with Gasteiger partial charge in [0, 0.05) is 11.3 Å². The quantitative estimate of drug-likeness (QED) is 0.733. The van der Waals surface area contributed by atoms with Crippen LogP contribution < -0.4 is 11.1 Å². The van der Waals surface area contributed by atoms with E-state index in [0.29, 0.717) is 0 Å². The lowest BCUT2D eigenvalue weighted by Gasteiger charge is -2.35. The molecule has 2 aliphatic rings. The van der Waals surface area contributed by atoms with Crippen LogP contribution >= 0.6 is 0 Å². The van der Waals surface area contributed by atoms with Crippen molar-refractivity contribution in [3.63, 3.8) is 0 Å². The molecule has 8 heteroatoms. The number of allylic oxidation sites excluding steroid dienone is 1. The van der Waals surface area contributed by atoms with Gasteiger partial charge in [-0.2, -0.15) is 5.26 Å². The minimum absolute atomic E-state index is 0.0353. The van der Waals surface area contributed by atoms with Crippen molar-refractivity contribution >= 4 is 17.6 Å². The number of nitrogens with zero attached hydrogens (tertiary/aromatic N) is 1. The Hall–Kier alpha value is -3.34. The predicted octanol–water partition coefficient (Wildman–Crippen LogP) is 2.36. The maximum Gasteiger partial charge on any atom is 0.339 e. The number of nitrogens with one attached hydrogen (secondary N) is 1. The number of carbonyl (C=O) groups is 2. The Bertz CT molecular complexity index is 982. The van der Waals surface area contributed by atoms with E-state index in [-0.39, 0.29) is 34.0 Å². The molecule has 0 unspecified atom stereocenters. The first-order chi connectivity index (χ1) is 12.5. The molecule has 1 atom stereocenters. The molecule has 7 nitrogen and oxygen atoms in total. The van der Waals surface area contributed by atoms with Gasteiger partial charge in [-0.25, -0.2) is 9.18 Å². The number of amides is 1. The highest BCUT2D eigenvalue weighted by molar-refractivity contribution is 6.17. The van der Waals surface area contributed by atoms with Crippen LogP contribution in [-0.4, -0.2) is 17.5 Å². The lowest BCUT2D eigenvalue weighted by molar-refractivity contribution is -0.151. The molecule has 0 radical (unpaired) electrons. The maximum absolute atomic E-state index is 13.7. The smallest absolute Gasteiger partial charge is 0.339 e. The summed E-state index contributed by atoms with van der Waals surface area (Å²) in [5.41, 5.74) is 3.11. The molecule has 0 aromatic heterocycles. The number of carbonyl (C=O) groups excluding carboxylic acids is 2. The maximum atomic E-state index is 13.7. The van der Waals surface area contributed by atoms with Gasteiger partial charge in [0.2, 0.25) is 11.8 Å². The highest BCUT2D eigenvalue weighted by Gasteiger charge is 2.60. The minimum Gasteiger partial charge on any atom is -0.456 e. The molecule has 0 aliphatic carbocycles. The van der Waals surface area contributed by atoms with Crippen molar-refractivity contribution in [2.75, 3.05) is 5.32 Å². The Morgan fingerprint density at radius 3 is 2.67 bits per heavy atom. The average Bonchev–Trinajstić information content (AvgIpc) is 2.77. The van der Waals surface area contributed by atoms with Gasteiger partial charge in [0.25, 0.3) is 0 Å². The number of esters is 1. The fourth-order valence-corrected chi connectivity index (χ4v) is 3.39. The number of nitriles is 1. The van der Waals surface area contributed by atoms with Crippen molar-refractivity contribution in [2.45, 2.75) is 38.7 Å². The van der Waals surface area contributed by atoms with E-state index in [1.54, 1.807) is 20.8 Å². The summed E-state index contributed by atoms with van der Waals surface area (Å²) in [4.78, 5) is 26.1. The van der Waals surface area contributed by atoms with E-state index in [9.17, 15) is 19.2 Å². The van der Waals surface area contributed by atoms with Gasteiger partial charge < -0.3 is 20.5 Å². The fourth-order valence-electron chi connectivity index (χ4n) is 3.39. The second-order valence-electron chi connectivity index (χ2n) is 7.28. The zero-order valence-electron chi connectivity index (χ0n) is 15.3. The van der Waals surface area contributed by atoms with Crippen LogP contribution in [0.3, 0.4) is 0 Å². The summed E-state index contributed by atoms with van der Waals surface area (Å²) in [6.45, 7) is 6.47. The van der Waals surface area contributed by atoms with E-state index in [2.05, 4.69) is 5.32 Å². The van der Waals surface area contributed by atoms with Crippen molar-refractivity contribution in [1.29, 1.82) is 5.26 Å². The van der Waals surface area contributed by atoms with Crippen LogP contribution in [-0.2, 0) is 24.5 Å². The van der Waals surface area contributed by atoms with E-state index in [1.807, 2.05) is 6.07 Å². The zero-order chi connectivity index (χ0) is 20.1. The highest BCUT2D eigenvalue weighted by Crippen LogP contribution is 2.52. The van der Waals surface area contributed by atoms with Gasteiger partial charge in [-0.1, -0.05) is 6.07 Å². The van der Waals surface area contributed by atoms with E-state index < -0.39 is 28.7 Å². The van der Waals surface area contributed by atoms with Crippen molar-refractivity contribution in [1.82, 2.24) is 0 Å². The second kappa shape index (κ2) is 5.84. The number of hydrogen-bond acceptors (Lipinski definition) is 6. The average molecular weight is 371 g/mol.